The van der Waals surface area contributed by atoms with Crippen LogP contribution >= 0.6 is 11.8 Å². The van der Waals surface area contributed by atoms with Crippen molar-refractivity contribution in [2.24, 2.45) is 11.5 Å². The molecule has 0 fully saturated rings. The molecule has 2 rings (SSSR count). The van der Waals surface area contributed by atoms with Crippen molar-refractivity contribution in [1.82, 2.24) is 20.9 Å². The number of aliphatic hydroxyl groups excluding tert-OH is 1. The van der Waals surface area contributed by atoms with Crippen molar-refractivity contribution in [3.63, 3.8) is 0 Å². The van der Waals surface area contributed by atoms with Gasteiger partial charge in [-0.25, -0.2) is 4.79 Å². The summed E-state index contributed by atoms with van der Waals surface area (Å²) in [5, 5.41) is 26.6. The summed E-state index contributed by atoms with van der Waals surface area (Å²) in [6.07, 6.45) is 3.16. The normalized spacial score (nSPS) is 14.2. The molecule has 4 atom stereocenters. The third-order valence-electron chi connectivity index (χ3n) is 5.53. The molecule has 4 unspecified atom stereocenters. The highest BCUT2D eigenvalue weighted by Gasteiger charge is 2.31. The number of aliphatic carboxylic acids is 1. The Balaban J connectivity index is 2.05. The standard InChI is InChI=1S/C23H32N6O7S/c1-37-7-6-16(23(35)36)27-22(34)18(11-30)29-21(33)17(9-19(25)31)28-20(32)14(24)8-12-10-26-15-5-3-2-4-13(12)15/h2-5,10,14,16-18,26,30H,6-9,11,24H2,1H3,(H2,25,31)(H,27,34)(H,28,32)(H,29,33)(H,35,36). The highest BCUT2D eigenvalue weighted by atomic mass is 32.2. The van der Waals surface area contributed by atoms with Gasteiger partial charge in [0, 0.05) is 17.1 Å². The molecule has 202 valence electrons. The number of benzene rings is 1. The molecule has 0 saturated carbocycles. The Morgan fingerprint density at radius 3 is 2.24 bits per heavy atom. The highest BCUT2D eigenvalue weighted by Crippen LogP contribution is 2.18. The number of aromatic amines is 1. The van der Waals surface area contributed by atoms with E-state index in [4.69, 9.17) is 11.5 Å². The van der Waals surface area contributed by atoms with E-state index in [1.807, 2.05) is 24.3 Å². The van der Waals surface area contributed by atoms with Gasteiger partial charge in [-0.3, -0.25) is 19.2 Å². The van der Waals surface area contributed by atoms with E-state index in [-0.39, 0.29) is 12.8 Å². The Morgan fingerprint density at radius 1 is 1.00 bits per heavy atom. The van der Waals surface area contributed by atoms with Gasteiger partial charge in [0.2, 0.25) is 23.6 Å². The first-order valence-corrected chi connectivity index (χ1v) is 12.8. The van der Waals surface area contributed by atoms with Gasteiger partial charge >= 0.3 is 5.97 Å². The van der Waals surface area contributed by atoms with E-state index in [0.29, 0.717) is 5.75 Å². The fourth-order valence-electron chi connectivity index (χ4n) is 3.55. The van der Waals surface area contributed by atoms with Crippen LogP contribution in [0.2, 0.25) is 0 Å². The number of aliphatic hydroxyl groups is 1. The number of carboxylic acids is 1. The number of primary amides is 1. The maximum absolute atomic E-state index is 12.8. The van der Waals surface area contributed by atoms with Crippen LogP contribution < -0.4 is 27.4 Å². The molecule has 10 N–H and O–H groups in total. The summed E-state index contributed by atoms with van der Waals surface area (Å²) in [4.78, 5) is 64.0. The third kappa shape index (κ3) is 8.77. The summed E-state index contributed by atoms with van der Waals surface area (Å²) in [5.41, 5.74) is 12.9. The number of carboxylic acid groups (broad SMARTS) is 1. The predicted octanol–water partition coefficient (Wildman–Crippen LogP) is -1.80. The Hall–Kier alpha value is -3.62. The van der Waals surface area contributed by atoms with E-state index in [9.17, 15) is 34.2 Å². The minimum Gasteiger partial charge on any atom is -0.480 e. The lowest BCUT2D eigenvalue weighted by Crippen LogP contribution is -2.58. The second-order valence-corrected chi connectivity index (χ2v) is 9.31. The predicted molar refractivity (Wildman–Crippen MR) is 137 cm³/mol. The van der Waals surface area contributed by atoms with Crippen LogP contribution in [0.15, 0.2) is 30.5 Å². The summed E-state index contributed by atoms with van der Waals surface area (Å²) in [7, 11) is 0. The van der Waals surface area contributed by atoms with Gasteiger partial charge in [0.1, 0.15) is 18.1 Å². The van der Waals surface area contributed by atoms with Crippen molar-refractivity contribution in [2.75, 3.05) is 18.6 Å². The number of thioether (sulfide) groups is 1. The number of amides is 4. The molecule has 13 nitrogen and oxygen atoms in total. The number of nitrogens with two attached hydrogens (primary N) is 2. The van der Waals surface area contributed by atoms with Crippen molar-refractivity contribution in [3.05, 3.63) is 36.0 Å². The molecular weight excluding hydrogens is 504 g/mol. The SMILES string of the molecule is CSCCC(NC(=O)C(CO)NC(=O)C(CC(N)=O)NC(=O)C(N)Cc1c[nH]c2ccccc12)C(=O)O. The van der Waals surface area contributed by atoms with Gasteiger partial charge in [-0.1, -0.05) is 18.2 Å². The lowest BCUT2D eigenvalue weighted by Gasteiger charge is -2.23. The van der Waals surface area contributed by atoms with E-state index < -0.39 is 66.8 Å². The summed E-state index contributed by atoms with van der Waals surface area (Å²) >= 11 is 1.39. The number of carbonyl (C=O) groups is 5. The van der Waals surface area contributed by atoms with Gasteiger partial charge in [0.15, 0.2) is 0 Å². The first-order chi connectivity index (χ1) is 17.6. The first kappa shape index (κ1) is 29.6. The largest absolute Gasteiger partial charge is 0.480 e. The fourth-order valence-corrected chi connectivity index (χ4v) is 4.02. The zero-order chi connectivity index (χ0) is 27.5. The Kier molecular flexibility index (Phi) is 11.4. The van der Waals surface area contributed by atoms with Gasteiger partial charge in [0.05, 0.1) is 19.1 Å². The van der Waals surface area contributed by atoms with Crippen LogP contribution in [0.3, 0.4) is 0 Å². The quantitative estimate of drug-likeness (QED) is 0.128. The van der Waals surface area contributed by atoms with Crippen molar-refractivity contribution in [3.8, 4) is 0 Å². The lowest BCUT2D eigenvalue weighted by molar-refractivity contribution is -0.142. The average Bonchev–Trinajstić information content (AvgIpc) is 3.26. The van der Waals surface area contributed by atoms with E-state index in [0.717, 1.165) is 16.5 Å². The van der Waals surface area contributed by atoms with Crippen molar-refractivity contribution in [2.45, 2.75) is 43.4 Å². The van der Waals surface area contributed by atoms with Crippen LogP contribution in [0.4, 0.5) is 0 Å². The molecule has 0 spiro atoms. The van der Waals surface area contributed by atoms with Gasteiger partial charge in [-0.05, 0) is 36.5 Å². The lowest BCUT2D eigenvalue weighted by atomic mass is 10.0. The summed E-state index contributed by atoms with van der Waals surface area (Å²) in [6.45, 7) is -0.857. The Labute approximate surface area is 217 Å². The zero-order valence-electron chi connectivity index (χ0n) is 20.2. The topological polar surface area (TPSA) is 230 Å². The number of hydrogen-bond donors (Lipinski definition) is 8. The summed E-state index contributed by atoms with van der Waals surface area (Å²) in [6, 6.07) is 2.12. The number of nitrogens with one attached hydrogen (secondary N) is 4. The number of aromatic nitrogens is 1. The van der Waals surface area contributed by atoms with Crippen LogP contribution in [0.1, 0.15) is 18.4 Å². The minimum atomic E-state index is -1.53. The second kappa shape index (κ2) is 14.2. The van der Waals surface area contributed by atoms with Gasteiger partial charge in [-0.2, -0.15) is 11.8 Å². The van der Waals surface area contributed by atoms with Crippen LogP contribution in [0.25, 0.3) is 10.9 Å². The molecule has 0 radical (unpaired) electrons. The maximum atomic E-state index is 12.8. The Morgan fingerprint density at radius 2 is 1.62 bits per heavy atom. The van der Waals surface area contributed by atoms with Crippen LogP contribution in [0.5, 0.6) is 0 Å². The van der Waals surface area contributed by atoms with Crippen molar-refractivity contribution < 1.29 is 34.2 Å². The number of H-pyrrole nitrogens is 1. The van der Waals surface area contributed by atoms with Crippen LogP contribution in [-0.4, -0.2) is 87.6 Å². The number of carbonyl (C=O) groups excluding carboxylic acids is 4. The fraction of sp³-hybridized carbons (Fsp3) is 0.435. The maximum Gasteiger partial charge on any atom is 0.326 e. The molecule has 2 aromatic rings. The zero-order valence-corrected chi connectivity index (χ0v) is 21.0. The molecule has 4 amide bonds. The molecule has 0 aliphatic rings. The third-order valence-corrected chi connectivity index (χ3v) is 6.17. The Bertz CT molecular complexity index is 1120. The molecule has 1 aromatic heterocycles. The first-order valence-electron chi connectivity index (χ1n) is 11.4. The molecule has 0 aliphatic carbocycles. The van der Waals surface area contributed by atoms with Crippen molar-refractivity contribution >= 4 is 52.3 Å². The van der Waals surface area contributed by atoms with E-state index >= 15 is 0 Å². The van der Waals surface area contributed by atoms with Gasteiger partial charge < -0.3 is 42.6 Å². The molecule has 37 heavy (non-hydrogen) atoms. The molecule has 0 aliphatic heterocycles. The smallest absolute Gasteiger partial charge is 0.326 e. The number of para-hydroxylation sites is 1. The monoisotopic (exact) mass is 536 g/mol. The molecule has 14 heteroatoms. The number of rotatable bonds is 15. The second-order valence-electron chi connectivity index (χ2n) is 8.33. The van der Waals surface area contributed by atoms with Gasteiger partial charge in [-0.15, -0.1) is 0 Å². The summed E-state index contributed by atoms with van der Waals surface area (Å²) in [5.74, 6) is -4.37. The number of fused-ring (bicyclic) bond motifs is 1. The number of hydrogen-bond acceptors (Lipinski definition) is 8. The molecule has 1 heterocycles. The molecule has 1 aromatic carbocycles. The average molecular weight is 537 g/mol. The minimum absolute atomic E-state index is 0.128. The molecule has 0 bridgehead atoms. The molecular formula is C23H32N6O7S. The van der Waals surface area contributed by atoms with Gasteiger partial charge in [0.25, 0.3) is 0 Å². The molecule has 0 saturated heterocycles. The van der Waals surface area contributed by atoms with Crippen LogP contribution in [-0.2, 0) is 30.4 Å². The van der Waals surface area contributed by atoms with E-state index in [2.05, 4.69) is 20.9 Å². The van der Waals surface area contributed by atoms with E-state index in [1.54, 1.807) is 12.5 Å². The van der Waals surface area contributed by atoms with Crippen LogP contribution in [0, 0.1) is 0 Å². The van der Waals surface area contributed by atoms with E-state index in [1.165, 1.54) is 11.8 Å². The van der Waals surface area contributed by atoms with Crippen molar-refractivity contribution in [1.29, 1.82) is 0 Å². The summed E-state index contributed by atoms with van der Waals surface area (Å²) < 4.78 is 0. The highest BCUT2D eigenvalue weighted by molar-refractivity contribution is 7.98.